The minimum Gasteiger partial charge on any atom is -0.315 e. The number of thioether (sulfide) groups is 1. The molecule has 2 atom stereocenters. The molecule has 1 saturated heterocycles. The van der Waals surface area contributed by atoms with E-state index in [0.29, 0.717) is 15.8 Å². The molecule has 2 aliphatic heterocycles. The molecule has 0 saturated carbocycles. The van der Waals surface area contributed by atoms with Gasteiger partial charge in [0.25, 0.3) is 0 Å². The molecule has 0 N–H and O–H groups in total. The van der Waals surface area contributed by atoms with Gasteiger partial charge in [0.15, 0.2) is 15.0 Å². The molecule has 0 bridgehead atoms. The number of nitrogens with zero attached hydrogens (tertiary/aromatic N) is 2. The molecule has 2 aromatic rings. The Hall–Kier alpha value is -1.28. The summed E-state index contributed by atoms with van der Waals surface area (Å²) >= 11 is 13.7. The smallest absolute Gasteiger partial charge is 0.164 e. The number of anilines is 1. The number of amidine groups is 1. The Morgan fingerprint density at radius 3 is 2.74 bits per heavy atom. The summed E-state index contributed by atoms with van der Waals surface area (Å²) in [4.78, 5) is 6.61. The maximum Gasteiger partial charge on any atom is 0.164 e. The van der Waals surface area contributed by atoms with Crippen LogP contribution in [0.3, 0.4) is 0 Å². The average Bonchev–Trinajstić information content (AvgIpc) is 3.05. The molecule has 1 fully saturated rings. The van der Waals surface area contributed by atoms with Crippen molar-refractivity contribution in [2.75, 3.05) is 16.4 Å². The molecule has 0 amide bonds. The zero-order chi connectivity index (χ0) is 19.2. The molecule has 2 aromatic carbocycles. The van der Waals surface area contributed by atoms with Crippen LogP contribution in [0, 0.1) is 5.82 Å². The highest BCUT2D eigenvalue weighted by molar-refractivity contribution is 8.13. The quantitative estimate of drug-likeness (QED) is 0.703. The Labute approximate surface area is 171 Å². The van der Waals surface area contributed by atoms with E-state index in [1.807, 2.05) is 17.0 Å². The standard InChI is InChI=1S/C18H15Cl2FN2O2S2/c19-12-2-1-3-14(6-12)23-17-10-27(24,25)9-16(17)22-18(23)26-8-11-4-5-13(21)7-15(11)20/h1-7,16-17H,8-10H2/t16-,17-/m0/s1. The van der Waals surface area contributed by atoms with E-state index in [1.54, 1.807) is 18.2 Å². The van der Waals surface area contributed by atoms with E-state index in [1.165, 1.54) is 23.9 Å². The lowest BCUT2D eigenvalue weighted by atomic mass is 10.1. The third-order valence-corrected chi connectivity index (χ3v) is 7.87. The van der Waals surface area contributed by atoms with Crippen LogP contribution in [0.2, 0.25) is 10.0 Å². The van der Waals surface area contributed by atoms with Crippen LogP contribution < -0.4 is 4.90 Å². The third-order valence-electron chi connectivity index (χ3n) is 4.57. The van der Waals surface area contributed by atoms with Crippen molar-refractivity contribution in [3.63, 3.8) is 0 Å². The van der Waals surface area contributed by atoms with E-state index < -0.39 is 9.84 Å². The lowest BCUT2D eigenvalue weighted by Gasteiger charge is -2.26. The highest BCUT2D eigenvalue weighted by Crippen LogP contribution is 2.37. The second kappa shape index (κ2) is 7.28. The molecule has 0 radical (unpaired) electrons. The van der Waals surface area contributed by atoms with Crippen LogP contribution in [0.25, 0.3) is 0 Å². The predicted molar refractivity (Wildman–Crippen MR) is 110 cm³/mol. The summed E-state index contributed by atoms with van der Waals surface area (Å²) in [7, 11) is -3.11. The van der Waals surface area contributed by atoms with Gasteiger partial charge in [-0.25, -0.2) is 12.8 Å². The van der Waals surface area contributed by atoms with Crippen LogP contribution in [0.4, 0.5) is 10.1 Å². The van der Waals surface area contributed by atoms with Crippen LogP contribution >= 0.6 is 35.0 Å². The van der Waals surface area contributed by atoms with Gasteiger partial charge in [-0.1, -0.05) is 47.1 Å². The zero-order valence-corrected chi connectivity index (χ0v) is 17.1. The lowest BCUT2D eigenvalue weighted by Crippen LogP contribution is -2.39. The van der Waals surface area contributed by atoms with E-state index in [9.17, 15) is 12.8 Å². The first-order valence-electron chi connectivity index (χ1n) is 8.22. The Kier molecular flexibility index (Phi) is 5.14. The van der Waals surface area contributed by atoms with Crippen LogP contribution in [-0.2, 0) is 15.6 Å². The van der Waals surface area contributed by atoms with Gasteiger partial charge in [-0.05, 0) is 35.9 Å². The third kappa shape index (κ3) is 3.97. The lowest BCUT2D eigenvalue weighted by molar-refractivity contribution is 0.601. The normalized spacial score (nSPS) is 23.4. The van der Waals surface area contributed by atoms with Gasteiger partial charge in [-0.2, -0.15) is 0 Å². The molecule has 4 nitrogen and oxygen atoms in total. The van der Waals surface area contributed by atoms with Crippen LogP contribution in [0.15, 0.2) is 47.5 Å². The molecule has 0 unspecified atom stereocenters. The van der Waals surface area contributed by atoms with Crippen LogP contribution in [0.5, 0.6) is 0 Å². The first-order chi connectivity index (χ1) is 12.8. The fraction of sp³-hybridized carbons (Fsp3) is 0.278. The Bertz CT molecular complexity index is 1030. The topological polar surface area (TPSA) is 49.7 Å². The number of aliphatic imine (C=N–C) groups is 1. The summed E-state index contributed by atoms with van der Waals surface area (Å²) in [5.74, 6) is 0.235. The second-order valence-electron chi connectivity index (χ2n) is 6.50. The first kappa shape index (κ1) is 19.1. The maximum atomic E-state index is 13.2. The molecule has 4 rings (SSSR count). The molecule has 27 heavy (non-hydrogen) atoms. The monoisotopic (exact) mass is 444 g/mol. The molecule has 0 aliphatic carbocycles. The van der Waals surface area contributed by atoms with Crippen molar-refractivity contribution in [3.8, 4) is 0 Å². The molecule has 2 aliphatic rings. The maximum absolute atomic E-state index is 13.2. The number of benzene rings is 2. The molecular weight excluding hydrogens is 430 g/mol. The molecule has 0 aromatic heterocycles. The molecule has 142 valence electrons. The van der Waals surface area contributed by atoms with Crippen molar-refractivity contribution in [2.24, 2.45) is 4.99 Å². The number of hydrogen-bond acceptors (Lipinski definition) is 5. The largest absolute Gasteiger partial charge is 0.315 e. The predicted octanol–water partition coefficient (Wildman–Crippen LogP) is 4.41. The van der Waals surface area contributed by atoms with Gasteiger partial charge in [0.1, 0.15) is 5.82 Å². The fourth-order valence-corrected chi connectivity index (χ4v) is 6.81. The van der Waals surface area contributed by atoms with E-state index in [2.05, 4.69) is 4.99 Å². The number of sulfone groups is 1. The Morgan fingerprint density at radius 2 is 2.00 bits per heavy atom. The zero-order valence-electron chi connectivity index (χ0n) is 14.0. The van der Waals surface area contributed by atoms with Crippen molar-refractivity contribution in [2.45, 2.75) is 17.8 Å². The highest BCUT2D eigenvalue weighted by atomic mass is 35.5. The molecular formula is C18H15Cl2FN2O2S2. The number of hydrogen-bond donors (Lipinski definition) is 0. The SMILES string of the molecule is O=S1(=O)C[C@@H]2N=C(SCc3ccc(F)cc3Cl)N(c3cccc(Cl)c3)[C@H]2C1. The molecule has 0 spiro atoms. The summed E-state index contributed by atoms with van der Waals surface area (Å²) < 4.78 is 37.4. The Balaban J connectivity index is 1.63. The first-order valence-corrected chi connectivity index (χ1v) is 11.8. The van der Waals surface area contributed by atoms with Gasteiger partial charge < -0.3 is 4.90 Å². The Morgan fingerprint density at radius 1 is 1.19 bits per heavy atom. The summed E-state index contributed by atoms with van der Waals surface area (Å²) in [6, 6.07) is 11.1. The minimum atomic E-state index is -3.11. The van der Waals surface area contributed by atoms with E-state index >= 15 is 0 Å². The molecule has 2 heterocycles. The summed E-state index contributed by atoms with van der Waals surface area (Å²) in [6.07, 6.45) is 0. The van der Waals surface area contributed by atoms with Crippen molar-refractivity contribution in [1.29, 1.82) is 0 Å². The van der Waals surface area contributed by atoms with Gasteiger partial charge in [0.2, 0.25) is 0 Å². The van der Waals surface area contributed by atoms with Crippen molar-refractivity contribution in [1.82, 2.24) is 0 Å². The summed E-state index contributed by atoms with van der Waals surface area (Å²) in [6.45, 7) is 0. The number of halogens is 3. The van der Waals surface area contributed by atoms with E-state index in [4.69, 9.17) is 23.2 Å². The number of rotatable bonds is 3. The van der Waals surface area contributed by atoms with Crippen LogP contribution in [-0.4, -0.2) is 37.2 Å². The van der Waals surface area contributed by atoms with E-state index in [-0.39, 0.29) is 29.4 Å². The minimum absolute atomic E-state index is 0.0517. The number of fused-ring (bicyclic) bond motifs is 1. The summed E-state index contributed by atoms with van der Waals surface area (Å²) in [5.41, 5.74) is 1.60. The van der Waals surface area contributed by atoms with Gasteiger partial charge >= 0.3 is 0 Å². The fourth-order valence-electron chi connectivity index (χ4n) is 3.34. The highest BCUT2D eigenvalue weighted by Gasteiger charge is 2.47. The van der Waals surface area contributed by atoms with Crippen molar-refractivity contribution in [3.05, 3.63) is 63.9 Å². The van der Waals surface area contributed by atoms with Gasteiger partial charge in [-0.15, -0.1) is 0 Å². The average molecular weight is 445 g/mol. The van der Waals surface area contributed by atoms with Gasteiger partial charge in [0, 0.05) is 21.5 Å². The summed E-state index contributed by atoms with van der Waals surface area (Å²) in [5, 5.41) is 1.66. The van der Waals surface area contributed by atoms with Gasteiger partial charge in [-0.3, -0.25) is 4.99 Å². The molecule has 9 heteroatoms. The van der Waals surface area contributed by atoms with Crippen molar-refractivity contribution >= 4 is 55.7 Å². The van der Waals surface area contributed by atoms with Crippen LogP contribution in [0.1, 0.15) is 5.56 Å². The van der Waals surface area contributed by atoms with Crippen molar-refractivity contribution < 1.29 is 12.8 Å². The van der Waals surface area contributed by atoms with Gasteiger partial charge in [0.05, 0.1) is 23.6 Å². The second-order valence-corrected chi connectivity index (χ2v) is 10.4. The van der Waals surface area contributed by atoms with E-state index in [0.717, 1.165) is 16.4 Å².